The van der Waals surface area contributed by atoms with Gasteiger partial charge in [0.05, 0.1) is 43.6 Å². The van der Waals surface area contributed by atoms with Crippen LogP contribution in [0.15, 0.2) is 42.6 Å². The number of methoxy groups -OCH3 is 1. The number of halogens is 2. The van der Waals surface area contributed by atoms with Crippen molar-refractivity contribution in [3.05, 3.63) is 59.8 Å². The fourth-order valence-corrected chi connectivity index (χ4v) is 3.77. The van der Waals surface area contributed by atoms with Crippen LogP contribution in [-0.4, -0.2) is 65.0 Å². The maximum absolute atomic E-state index is 14.0. The molecule has 4 aromatic rings. The molecule has 1 saturated heterocycles. The third-order valence-corrected chi connectivity index (χ3v) is 5.60. The van der Waals surface area contributed by atoms with Gasteiger partial charge in [0.2, 0.25) is 5.95 Å². The fourth-order valence-electron chi connectivity index (χ4n) is 3.77. The number of H-pyrrole nitrogens is 1. The normalized spacial score (nSPS) is 13.9. The fraction of sp³-hybridized carbons (Fsp3) is 0.240. The van der Waals surface area contributed by atoms with E-state index in [4.69, 9.17) is 9.47 Å². The highest BCUT2D eigenvalue weighted by molar-refractivity contribution is 5.92. The molecule has 5 rings (SSSR count). The van der Waals surface area contributed by atoms with Gasteiger partial charge in [0.1, 0.15) is 17.4 Å². The number of anilines is 2. The Balaban J connectivity index is 1.41. The second kappa shape index (κ2) is 10.0. The molecule has 1 fully saturated rings. The summed E-state index contributed by atoms with van der Waals surface area (Å²) < 4.78 is 38.1. The largest absolute Gasteiger partial charge is 0.496 e. The van der Waals surface area contributed by atoms with Gasteiger partial charge in [-0.1, -0.05) is 11.8 Å². The van der Waals surface area contributed by atoms with Gasteiger partial charge >= 0.3 is 0 Å². The molecular formula is C25H22F2N6O2. The van der Waals surface area contributed by atoms with Crippen molar-refractivity contribution in [3.8, 4) is 28.8 Å². The molecular weight excluding hydrogens is 454 g/mol. The van der Waals surface area contributed by atoms with Gasteiger partial charge in [-0.2, -0.15) is 10.1 Å². The van der Waals surface area contributed by atoms with E-state index < -0.39 is 11.6 Å². The van der Waals surface area contributed by atoms with Gasteiger partial charge in [0.25, 0.3) is 0 Å². The number of morpholine rings is 1. The van der Waals surface area contributed by atoms with Crippen LogP contribution in [0.25, 0.3) is 22.3 Å². The quantitative estimate of drug-likeness (QED) is 0.425. The van der Waals surface area contributed by atoms with Crippen molar-refractivity contribution >= 4 is 22.7 Å². The minimum absolute atomic E-state index is 0.0616. The topological polar surface area (TPSA) is 88.2 Å². The molecule has 0 spiro atoms. The Hall–Kier alpha value is -4.07. The summed E-state index contributed by atoms with van der Waals surface area (Å²) in [5.74, 6) is 5.81. The van der Waals surface area contributed by atoms with Gasteiger partial charge in [0, 0.05) is 36.5 Å². The molecule has 0 atom stereocenters. The van der Waals surface area contributed by atoms with Crippen LogP contribution in [-0.2, 0) is 4.74 Å². The third-order valence-electron chi connectivity index (χ3n) is 5.60. The predicted molar refractivity (Wildman–Crippen MR) is 127 cm³/mol. The lowest BCUT2D eigenvalue weighted by Gasteiger charge is -2.24. The first-order chi connectivity index (χ1) is 17.1. The summed E-state index contributed by atoms with van der Waals surface area (Å²) in [5.41, 5.74) is 2.72. The minimum atomic E-state index is -0.743. The molecule has 0 aliphatic carbocycles. The van der Waals surface area contributed by atoms with Crippen LogP contribution in [0, 0.1) is 23.5 Å². The number of nitrogens with one attached hydrogen (secondary N) is 2. The summed E-state index contributed by atoms with van der Waals surface area (Å²) in [6.07, 6.45) is 1.58. The van der Waals surface area contributed by atoms with E-state index in [9.17, 15) is 8.78 Å². The molecule has 2 aromatic heterocycles. The lowest BCUT2D eigenvalue weighted by molar-refractivity contribution is 0.0443. The highest BCUT2D eigenvalue weighted by Crippen LogP contribution is 2.34. The molecule has 2 aromatic carbocycles. The molecule has 178 valence electrons. The lowest BCUT2D eigenvalue weighted by atomic mass is 10.1. The summed E-state index contributed by atoms with van der Waals surface area (Å²) in [4.78, 5) is 10.9. The van der Waals surface area contributed by atoms with Crippen molar-refractivity contribution in [2.24, 2.45) is 0 Å². The van der Waals surface area contributed by atoms with Crippen molar-refractivity contribution in [1.82, 2.24) is 25.1 Å². The van der Waals surface area contributed by atoms with Crippen LogP contribution in [0.2, 0.25) is 0 Å². The Morgan fingerprint density at radius 2 is 2.03 bits per heavy atom. The molecule has 2 N–H and O–H groups in total. The van der Waals surface area contributed by atoms with Gasteiger partial charge in [-0.3, -0.25) is 10.00 Å². The predicted octanol–water partition coefficient (Wildman–Crippen LogP) is 3.73. The van der Waals surface area contributed by atoms with Gasteiger partial charge < -0.3 is 14.8 Å². The van der Waals surface area contributed by atoms with Crippen molar-refractivity contribution in [2.45, 2.75) is 0 Å². The van der Waals surface area contributed by atoms with E-state index in [1.54, 1.807) is 13.3 Å². The standard InChI is InChI=1S/C25H22F2N6O2/c1-34-22-7-4-16(3-2-8-33-9-11-35-12-10-33)13-18(22)23-19-15-28-25(30-24(19)32-31-23)29-21-6-5-17(26)14-20(21)27/h4-7,13-15H,8-12H2,1H3,(H2,28,29,30,31,32). The van der Waals surface area contributed by atoms with E-state index in [0.717, 1.165) is 49.6 Å². The maximum Gasteiger partial charge on any atom is 0.229 e. The Morgan fingerprint density at radius 3 is 2.83 bits per heavy atom. The third kappa shape index (κ3) is 5.06. The highest BCUT2D eigenvalue weighted by Gasteiger charge is 2.16. The Bertz CT molecular complexity index is 1420. The number of fused-ring (bicyclic) bond motifs is 1. The zero-order valence-electron chi connectivity index (χ0n) is 18.9. The lowest BCUT2D eigenvalue weighted by Crippen LogP contribution is -2.36. The number of benzene rings is 2. The molecule has 1 aliphatic rings. The van der Waals surface area contributed by atoms with E-state index in [1.165, 1.54) is 6.07 Å². The highest BCUT2D eigenvalue weighted by atomic mass is 19.1. The molecule has 0 saturated carbocycles. The van der Waals surface area contributed by atoms with E-state index >= 15 is 0 Å². The van der Waals surface area contributed by atoms with Crippen LogP contribution in [0.5, 0.6) is 5.75 Å². The molecule has 0 unspecified atom stereocenters. The van der Waals surface area contributed by atoms with Crippen LogP contribution >= 0.6 is 0 Å². The number of hydrogen-bond acceptors (Lipinski definition) is 7. The van der Waals surface area contributed by atoms with E-state index in [-0.39, 0.29) is 11.6 Å². The Morgan fingerprint density at radius 1 is 1.17 bits per heavy atom. The van der Waals surface area contributed by atoms with Gasteiger partial charge in [0.15, 0.2) is 5.65 Å². The molecule has 8 nitrogen and oxygen atoms in total. The summed E-state index contributed by atoms with van der Waals surface area (Å²) >= 11 is 0. The number of ether oxygens (including phenoxy) is 2. The maximum atomic E-state index is 14.0. The number of aromatic amines is 1. The molecule has 0 radical (unpaired) electrons. The second-order valence-corrected chi connectivity index (χ2v) is 7.88. The monoisotopic (exact) mass is 476 g/mol. The van der Waals surface area contributed by atoms with E-state index in [0.29, 0.717) is 29.0 Å². The first-order valence-corrected chi connectivity index (χ1v) is 11.0. The zero-order chi connectivity index (χ0) is 24.2. The molecule has 1 aliphatic heterocycles. The van der Waals surface area contributed by atoms with Crippen molar-refractivity contribution < 1.29 is 18.3 Å². The van der Waals surface area contributed by atoms with Crippen LogP contribution in [0.1, 0.15) is 5.56 Å². The molecule has 0 bridgehead atoms. The second-order valence-electron chi connectivity index (χ2n) is 7.88. The molecule has 3 heterocycles. The molecule has 35 heavy (non-hydrogen) atoms. The summed E-state index contributed by atoms with van der Waals surface area (Å²) in [7, 11) is 1.59. The van der Waals surface area contributed by atoms with Crippen LogP contribution in [0.3, 0.4) is 0 Å². The summed E-state index contributed by atoms with van der Waals surface area (Å²) in [5, 5.41) is 10.7. The Labute approximate surface area is 200 Å². The summed E-state index contributed by atoms with van der Waals surface area (Å²) in [6, 6.07) is 8.91. The van der Waals surface area contributed by atoms with Gasteiger partial charge in [-0.15, -0.1) is 0 Å². The first kappa shape index (κ1) is 22.7. The number of nitrogens with zero attached hydrogens (tertiary/aromatic N) is 4. The first-order valence-electron chi connectivity index (χ1n) is 11.0. The van der Waals surface area contributed by atoms with Gasteiger partial charge in [-0.05, 0) is 30.3 Å². The number of hydrogen-bond donors (Lipinski definition) is 2. The van der Waals surface area contributed by atoms with E-state index in [1.807, 2.05) is 18.2 Å². The van der Waals surface area contributed by atoms with Crippen molar-refractivity contribution in [2.75, 3.05) is 45.3 Å². The number of rotatable bonds is 5. The zero-order valence-corrected chi connectivity index (χ0v) is 18.9. The smallest absolute Gasteiger partial charge is 0.229 e. The Kier molecular flexibility index (Phi) is 6.52. The average Bonchev–Trinajstić information content (AvgIpc) is 3.29. The average molecular weight is 476 g/mol. The van der Waals surface area contributed by atoms with Crippen molar-refractivity contribution in [1.29, 1.82) is 0 Å². The number of aromatic nitrogens is 4. The molecule has 10 heteroatoms. The van der Waals surface area contributed by atoms with Crippen LogP contribution < -0.4 is 10.1 Å². The van der Waals surface area contributed by atoms with Crippen molar-refractivity contribution in [3.63, 3.8) is 0 Å². The summed E-state index contributed by atoms with van der Waals surface area (Å²) in [6.45, 7) is 3.91. The molecule has 0 amide bonds. The SMILES string of the molecule is COc1ccc(C#CCN2CCOCC2)cc1-c1[nH]nc2nc(Nc3ccc(F)cc3F)ncc12. The van der Waals surface area contributed by atoms with Gasteiger partial charge in [-0.25, -0.2) is 13.8 Å². The minimum Gasteiger partial charge on any atom is -0.496 e. The van der Waals surface area contributed by atoms with Crippen LogP contribution in [0.4, 0.5) is 20.4 Å². The van der Waals surface area contributed by atoms with E-state index in [2.05, 4.69) is 42.2 Å².